The van der Waals surface area contributed by atoms with Gasteiger partial charge in [0.2, 0.25) is 15.9 Å². The first-order chi connectivity index (χ1) is 12.9. The third-order valence-electron chi connectivity index (χ3n) is 4.44. The van der Waals surface area contributed by atoms with Crippen LogP contribution in [0.1, 0.15) is 44.9 Å². The number of hydrogen-bond acceptors (Lipinski definition) is 3. The van der Waals surface area contributed by atoms with Gasteiger partial charge in [-0.2, -0.15) is 0 Å². The van der Waals surface area contributed by atoms with Crippen LogP contribution < -0.4 is 9.62 Å². The average molecular weight is 407 g/mol. The number of sulfonamides is 1. The third kappa shape index (κ3) is 5.79. The molecule has 1 unspecified atom stereocenters. The van der Waals surface area contributed by atoms with E-state index in [0.29, 0.717) is 0 Å². The molecule has 0 radical (unpaired) electrons. The van der Waals surface area contributed by atoms with Crippen LogP contribution >= 0.6 is 0 Å². The molecule has 28 heavy (non-hydrogen) atoms. The molecule has 0 heterocycles. The van der Waals surface area contributed by atoms with Crippen LogP contribution in [0.2, 0.25) is 0 Å². The highest BCUT2D eigenvalue weighted by atomic mass is 32.2. The number of anilines is 1. The zero-order valence-corrected chi connectivity index (χ0v) is 17.7. The van der Waals surface area contributed by atoms with Gasteiger partial charge < -0.3 is 5.32 Å². The minimum atomic E-state index is -3.75. The van der Waals surface area contributed by atoms with Gasteiger partial charge in [-0.3, -0.25) is 9.10 Å². The number of carbonyl (C=O) groups excluding carboxylic acids is 1. The van der Waals surface area contributed by atoms with E-state index in [9.17, 15) is 17.6 Å². The van der Waals surface area contributed by atoms with E-state index in [4.69, 9.17) is 0 Å². The molecule has 0 saturated heterocycles. The van der Waals surface area contributed by atoms with Crippen molar-refractivity contribution in [1.82, 2.24) is 5.32 Å². The SMILES string of the molecule is CC(NC(=O)CN(c1cccc(F)c1)S(C)(=O)=O)c1ccc(C(C)(C)C)cc1. The van der Waals surface area contributed by atoms with Crippen molar-refractivity contribution in [1.29, 1.82) is 0 Å². The predicted octanol–water partition coefficient (Wildman–Crippen LogP) is 3.77. The van der Waals surface area contributed by atoms with Crippen LogP contribution in [0.3, 0.4) is 0 Å². The lowest BCUT2D eigenvalue weighted by Gasteiger charge is -2.24. The van der Waals surface area contributed by atoms with Gasteiger partial charge in [-0.25, -0.2) is 12.8 Å². The molecule has 0 saturated carbocycles. The number of rotatable bonds is 6. The Morgan fingerprint density at radius 2 is 1.75 bits per heavy atom. The zero-order chi connectivity index (χ0) is 21.1. The van der Waals surface area contributed by atoms with Crippen LogP contribution in [-0.2, 0) is 20.2 Å². The molecule has 0 fully saturated rings. The summed E-state index contributed by atoms with van der Waals surface area (Å²) in [4.78, 5) is 12.5. The quantitative estimate of drug-likeness (QED) is 0.794. The van der Waals surface area contributed by atoms with Gasteiger partial charge >= 0.3 is 0 Å². The Morgan fingerprint density at radius 1 is 1.14 bits per heavy atom. The summed E-state index contributed by atoms with van der Waals surface area (Å²) in [5, 5.41) is 2.80. The van der Waals surface area contributed by atoms with E-state index in [2.05, 4.69) is 26.1 Å². The third-order valence-corrected chi connectivity index (χ3v) is 5.58. The van der Waals surface area contributed by atoms with Crippen LogP contribution in [0.4, 0.5) is 10.1 Å². The molecule has 0 bridgehead atoms. The maximum Gasteiger partial charge on any atom is 0.241 e. The number of carbonyl (C=O) groups is 1. The first-order valence-electron chi connectivity index (χ1n) is 9.01. The molecule has 0 spiro atoms. The molecule has 152 valence electrons. The summed E-state index contributed by atoms with van der Waals surface area (Å²) < 4.78 is 38.5. The second-order valence-electron chi connectivity index (χ2n) is 7.91. The molecule has 0 aliphatic rings. The van der Waals surface area contributed by atoms with Crippen molar-refractivity contribution in [2.24, 2.45) is 0 Å². The Labute approximate surface area is 166 Å². The second-order valence-corrected chi connectivity index (χ2v) is 9.82. The molecule has 0 aliphatic carbocycles. The van der Waals surface area contributed by atoms with E-state index in [1.165, 1.54) is 23.8 Å². The van der Waals surface area contributed by atoms with Crippen LogP contribution in [0, 0.1) is 5.82 Å². The van der Waals surface area contributed by atoms with Gasteiger partial charge in [0.1, 0.15) is 12.4 Å². The van der Waals surface area contributed by atoms with Crippen LogP contribution in [-0.4, -0.2) is 27.1 Å². The lowest BCUT2D eigenvalue weighted by Crippen LogP contribution is -2.41. The van der Waals surface area contributed by atoms with E-state index in [0.717, 1.165) is 22.2 Å². The summed E-state index contributed by atoms with van der Waals surface area (Å²) in [6.45, 7) is 7.78. The molecule has 1 amide bonds. The van der Waals surface area contributed by atoms with Crippen molar-refractivity contribution in [3.05, 3.63) is 65.5 Å². The Bertz CT molecular complexity index is 935. The van der Waals surface area contributed by atoms with Crippen molar-refractivity contribution in [3.63, 3.8) is 0 Å². The predicted molar refractivity (Wildman–Crippen MR) is 110 cm³/mol. The van der Waals surface area contributed by atoms with Gasteiger partial charge in [0.05, 0.1) is 18.0 Å². The Morgan fingerprint density at radius 3 is 2.25 bits per heavy atom. The highest BCUT2D eigenvalue weighted by molar-refractivity contribution is 7.92. The largest absolute Gasteiger partial charge is 0.348 e. The van der Waals surface area contributed by atoms with Crippen molar-refractivity contribution < 1.29 is 17.6 Å². The van der Waals surface area contributed by atoms with E-state index < -0.39 is 28.3 Å². The fraction of sp³-hybridized carbons (Fsp3) is 0.381. The second kappa shape index (κ2) is 8.31. The first kappa shape index (κ1) is 21.9. The van der Waals surface area contributed by atoms with Gasteiger partial charge in [-0.05, 0) is 41.7 Å². The molecule has 2 aromatic rings. The smallest absolute Gasteiger partial charge is 0.241 e. The summed E-state index contributed by atoms with van der Waals surface area (Å²) in [5.41, 5.74) is 2.24. The van der Waals surface area contributed by atoms with Gasteiger partial charge in [0.15, 0.2) is 0 Å². The summed E-state index contributed by atoms with van der Waals surface area (Å²) >= 11 is 0. The van der Waals surface area contributed by atoms with Crippen LogP contribution in [0.5, 0.6) is 0 Å². The maximum atomic E-state index is 13.5. The fourth-order valence-corrected chi connectivity index (χ4v) is 3.65. The van der Waals surface area contributed by atoms with Crippen molar-refractivity contribution in [3.8, 4) is 0 Å². The summed E-state index contributed by atoms with van der Waals surface area (Å²) in [5.74, 6) is -1.04. The summed E-state index contributed by atoms with van der Waals surface area (Å²) in [6, 6.07) is 12.8. The highest BCUT2D eigenvalue weighted by Crippen LogP contribution is 2.24. The van der Waals surface area contributed by atoms with E-state index in [1.807, 2.05) is 31.2 Å². The van der Waals surface area contributed by atoms with Crippen molar-refractivity contribution >= 4 is 21.6 Å². The number of nitrogens with zero attached hydrogens (tertiary/aromatic N) is 1. The Kier molecular flexibility index (Phi) is 6.49. The highest BCUT2D eigenvalue weighted by Gasteiger charge is 2.22. The molecule has 0 aromatic heterocycles. The molecule has 2 rings (SSSR count). The van der Waals surface area contributed by atoms with Crippen LogP contribution in [0.25, 0.3) is 0 Å². The fourth-order valence-electron chi connectivity index (χ4n) is 2.80. The zero-order valence-electron chi connectivity index (χ0n) is 16.9. The van der Waals surface area contributed by atoms with Gasteiger partial charge in [0.25, 0.3) is 0 Å². The van der Waals surface area contributed by atoms with E-state index in [-0.39, 0.29) is 17.1 Å². The Balaban J connectivity index is 2.12. The van der Waals surface area contributed by atoms with Crippen molar-refractivity contribution in [2.45, 2.75) is 39.2 Å². The molecular weight excluding hydrogens is 379 g/mol. The van der Waals surface area contributed by atoms with Gasteiger partial charge in [-0.15, -0.1) is 0 Å². The summed E-state index contributed by atoms with van der Waals surface area (Å²) in [6.07, 6.45) is 0.986. The molecule has 7 heteroatoms. The average Bonchev–Trinajstić information content (AvgIpc) is 2.58. The number of hydrogen-bond donors (Lipinski definition) is 1. The molecule has 0 aliphatic heterocycles. The topological polar surface area (TPSA) is 66.5 Å². The van der Waals surface area contributed by atoms with Crippen LogP contribution in [0.15, 0.2) is 48.5 Å². The molecule has 1 atom stereocenters. The maximum absolute atomic E-state index is 13.5. The minimum absolute atomic E-state index is 0.0337. The number of halogens is 1. The Hall–Kier alpha value is -2.41. The normalized spacial score (nSPS) is 13.1. The van der Waals surface area contributed by atoms with E-state index in [1.54, 1.807) is 0 Å². The molecular formula is C21H27FN2O3S. The molecule has 5 nitrogen and oxygen atoms in total. The minimum Gasteiger partial charge on any atom is -0.348 e. The lowest BCUT2D eigenvalue weighted by atomic mass is 9.86. The summed E-state index contributed by atoms with van der Waals surface area (Å²) in [7, 11) is -3.75. The molecule has 1 N–H and O–H groups in total. The van der Waals surface area contributed by atoms with E-state index >= 15 is 0 Å². The van der Waals surface area contributed by atoms with Gasteiger partial charge in [0, 0.05) is 0 Å². The number of benzene rings is 2. The number of nitrogens with one attached hydrogen (secondary N) is 1. The van der Waals surface area contributed by atoms with Crippen molar-refractivity contribution in [2.75, 3.05) is 17.1 Å². The monoisotopic (exact) mass is 406 g/mol. The van der Waals surface area contributed by atoms with Gasteiger partial charge in [-0.1, -0.05) is 51.1 Å². The standard InChI is InChI=1S/C21H27FN2O3S/c1-15(16-9-11-17(12-10-16)21(2,3)4)23-20(25)14-24(28(5,26)27)19-8-6-7-18(22)13-19/h6-13,15H,14H2,1-5H3,(H,23,25). The number of amides is 1. The first-order valence-corrected chi connectivity index (χ1v) is 10.9. The lowest BCUT2D eigenvalue weighted by molar-refractivity contribution is -0.120. The molecule has 2 aromatic carbocycles.